The normalized spacial score (nSPS) is 12.3. The fourth-order valence-electron chi connectivity index (χ4n) is 1.75. The van der Waals surface area contributed by atoms with Gasteiger partial charge < -0.3 is 15.5 Å². The van der Waals surface area contributed by atoms with E-state index in [1.165, 1.54) is 0 Å². The Morgan fingerprint density at radius 1 is 1.37 bits per heavy atom. The number of aliphatic hydroxyl groups is 1. The molecule has 2 rings (SSSR count). The van der Waals surface area contributed by atoms with Crippen molar-refractivity contribution >= 4 is 22.6 Å². The molecular weight excluding hydrogens is 246 g/mol. The number of nitrogens with zero attached hydrogens (tertiary/aromatic N) is 2. The molecule has 6 nitrogen and oxygen atoms in total. The predicted octanol–water partition coefficient (Wildman–Crippen LogP) is 1.51. The fourth-order valence-corrected chi connectivity index (χ4v) is 1.75. The molecule has 0 amide bonds. The maximum Gasteiger partial charge on any atom is 0.358 e. The number of benzene rings is 1. The molecule has 0 aliphatic rings. The average molecular weight is 261 g/mol. The zero-order chi connectivity index (χ0) is 13.8. The summed E-state index contributed by atoms with van der Waals surface area (Å²) in [6, 6.07) is 7.14. The Bertz CT molecular complexity index is 601. The first-order valence-electron chi connectivity index (χ1n) is 6.04. The third-order valence-corrected chi connectivity index (χ3v) is 2.86. The van der Waals surface area contributed by atoms with E-state index in [0.717, 1.165) is 0 Å². The molecule has 0 aliphatic carbocycles. The predicted molar refractivity (Wildman–Crippen MR) is 71.3 cm³/mol. The van der Waals surface area contributed by atoms with Crippen molar-refractivity contribution in [2.45, 2.75) is 19.4 Å². The SMILES string of the molecule is CCC(O)CNc1c(C(=O)O)nnc2ccccc12. The Hall–Kier alpha value is -2.21. The minimum absolute atomic E-state index is 0.137. The van der Waals surface area contributed by atoms with Gasteiger partial charge >= 0.3 is 5.97 Å². The number of carboxylic acids is 1. The topological polar surface area (TPSA) is 95.3 Å². The van der Waals surface area contributed by atoms with Crippen molar-refractivity contribution < 1.29 is 15.0 Å². The van der Waals surface area contributed by atoms with Crippen molar-refractivity contribution in [3.05, 3.63) is 30.0 Å². The smallest absolute Gasteiger partial charge is 0.358 e. The number of fused-ring (bicyclic) bond motifs is 1. The third-order valence-electron chi connectivity index (χ3n) is 2.86. The molecule has 1 atom stereocenters. The molecule has 0 aliphatic heterocycles. The van der Waals surface area contributed by atoms with Gasteiger partial charge in [0.25, 0.3) is 0 Å². The summed E-state index contributed by atoms with van der Waals surface area (Å²) in [6.07, 6.45) is 0.0554. The van der Waals surface area contributed by atoms with E-state index in [0.29, 0.717) is 23.0 Å². The first-order chi connectivity index (χ1) is 9.13. The van der Waals surface area contributed by atoms with E-state index in [4.69, 9.17) is 5.11 Å². The second-order valence-corrected chi connectivity index (χ2v) is 4.19. The number of aliphatic hydroxyl groups excluding tert-OH is 1. The summed E-state index contributed by atoms with van der Waals surface area (Å²) in [6.45, 7) is 2.12. The first kappa shape index (κ1) is 13.2. The van der Waals surface area contributed by atoms with Crippen LogP contribution in [0.4, 0.5) is 5.69 Å². The largest absolute Gasteiger partial charge is 0.476 e. The van der Waals surface area contributed by atoms with Gasteiger partial charge in [0.2, 0.25) is 0 Å². The van der Waals surface area contributed by atoms with E-state index in [1.807, 2.05) is 13.0 Å². The van der Waals surface area contributed by atoms with Gasteiger partial charge in [-0.25, -0.2) is 4.79 Å². The van der Waals surface area contributed by atoms with Crippen LogP contribution in [0.15, 0.2) is 24.3 Å². The zero-order valence-corrected chi connectivity index (χ0v) is 10.5. The van der Waals surface area contributed by atoms with E-state index in [9.17, 15) is 9.90 Å². The highest BCUT2D eigenvalue weighted by Gasteiger charge is 2.16. The van der Waals surface area contributed by atoms with E-state index in [-0.39, 0.29) is 12.2 Å². The van der Waals surface area contributed by atoms with Gasteiger partial charge in [-0.3, -0.25) is 0 Å². The van der Waals surface area contributed by atoms with Crippen molar-refractivity contribution in [2.24, 2.45) is 0 Å². The Kier molecular flexibility index (Phi) is 3.91. The molecular formula is C13H15N3O3. The highest BCUT2D eigenvalue weighted by Crippen LogP contribution is 2.24. The molecule has 0 radical (unpaired) electrons. The summed E-state index contributed by atoms with van der Waals surface area (Å²) in [5.74, 6) is -1.15. The monoisotopic (exact) mass is 261 g/mol. The molecule has 2 aromatic rings. The van der Waals surface area contributed by atoms with Crippen LogP contribution in [-0.4, -0.2) is 39.0 Å². The number of aromatic carboxylic acids is 1. The molecule has 0 bridgehead atoms. The van der Waals surface area contributed by atoms with Gasteiger partial charge in [0.15, 0.2) is 5.69 Å². The van der Waals surface area contributed by atoms with Crippen LogP contribution in [0.2, 0.25) is 0 Å². The van der Waals surface area contributed by atoms with Crippen molar-refractivity contribution in [3.63, 3.8) is 0 Å². The molecule has 1 aromatic heterocycles. The van der Waals surface area contributed by atoms with Gasteiger partial charge in [-0.05, 0) is 12.5 Å². The lowest BCUT2D eigenvalue weighted by atomic mass is 10.1. The van der Waals surface area contributed by atoms with E-state index in [2.05, 4.69) is 15.5 Å². The molecule has 0 spiro atoms. The van der Waals surface area contributed by atoms with Crippen LogP contribution in [-0.2, 0) is 0 Å². The number of hydrogen-bond acceptors (Lipinski definition) is 5. The van der Waals surface area contributed by atoms with Gasteiger partial charge in [-0.15, -0.1) is 10.2 Å². The first-order valence-corrected chi connectivity index (χ1v) is 6.04. The van der Waals surface area contributed by atoms with Crippen molar-refractivity contribution in [1.29, 1.82) is 0 Å². The minimum atomic E-state index is -1.15. The molecule has 100 valence electrons. The number of anilines is 1. The van der Waals surface area contributed by atoms with Gasteiger partial charge in [0, 0.05) is 11.9 Å². The number of carboxylic acid groups (broad SMARTS) is 1. The zero-order valence-electron chi connectivity index (χ0n) is 10.5. The Morgan fingerprint density at radius 3 is 2.79 bits per heavy atom. The van der Waals surface area contributed by atoms with Gasteiger partial charge in [0.05, 0.1) is 17.3 Å². The quantitative estimate of drug-likeness (QED) is 0.755. The maximum atomic E-state index is 11.2. The summed E-state index contributed by atoms with van der Waals surface area (Å²) in [4.78, 5) is 11.2. The number of carbonyl (C=O) groups is 1. The van der Waals surface area contributed by atoms with Crippen LogP contribution in [0.25, 0.3) is 10.9 Å². The lowest BCUT2D eigenvalue weighted by molar-refractivity contribution is 0.0690. The van der Waals surface area contributed by atoms with Crippen LogP contribution in [0, 0.1) is 0 Å². The fraction of sp³-hybridized carbons (Fsp3) is 0.308. The number of nitrogens with one attached hydrogen (secondary N) is 1. The average Bonchev–Trinajstić information content (AvgIpc) is 2.43. The third kappa shape index (κ3) is 2.79. The Balaban J connectivity index is 2.46. The summed E-state index contributed by atoms with van der Waals surface area (Å²) >= 11 is 0. The number of hydrogen-bond donors (Lipinski definition) is 3. The second kappa shape index (κ2) is 5.62. The van der Waals surface area contributed by atoms with Crippen LogP contribution in [0.3, 0.4) is 0 Å². The van der Waals surface area contributed by atoms with E-state index in [1.54, 1.807) is 18.2 Å². The van der Waals surface area contributed by atoms with E-state index < -0.39 is 12.1 Å². The molecule has 1 heterocycles. The molecule has 1 unspecified atom stereocenters. The molecule has 19 heavy (non-hydrogen) atoms. The van der Waals surface area contributed by atoms with Crippen molar-refractivity contribution in [1.82, 2.24) is 10.2 Å². The van der Waals surface area contributed by atoms with Gasteiger partial charge in [0.1, 0.15) is 0 Å². The summed E-state index contributed by atoms with van der Waals surface area (Å²) in [5.41, 5.74) is 0.869. The van der Waals surface area contributed by atoms with Gasteiger partial charge in [-0.1, -0.05) is 25.1 Å². The summed E-state index contributed by atoms with van der Waals surface area (Å²) in [7, 11) is 0. The molecule has 1 aromatic carbocycles. The summed E-state index contributed by atoms with van der Waals surface area (Å²) < 4.78 is 0. The highest BCUT2D eigenvalue weighted by atomic mass is 16.4. The lowest BCUT2D eigenvalue weighted by Crippen LogP contribution is -2.20. The van der Waals surface area contributed by atoms with Crippen LogP contribution in [0.1, 0.15) is 23.8 Å². The Morgan fingerprint density at radius 2 is 2.11 bits per heavy atom. The van der Waals surface area contributed by atoms with Crippen LogP contribution >= 0.6 is 0 Å². The van der Waals surface area contributed by atoms with Gasteiger partial charge in [-0.2, -0.15) is 0 Å². The molecule has 0 saturated carbocycles. The molecule has 3 N–H and O–H groups in total. The number of rotatable bonds is 5. The van der Waals surface area contributed by atoms with Crippen molar-refractivity contribution in [2.75, 3.05) is 11.9 Å². The molecule has 0 fully saturated rings. The minimum Gasteiger partial charge on any atom is -0.476 e. The molecule has 6 heteroatoms. The van der Waals surface area contributed by atoms with Crippen LogP contribution in [0.5, 0.6) is 0 Å². The van der Waals surface area contributed by atoms with E-state index >= 15 is 0 Å². The highest BCUT2D eigenvalue weighted by molar-refractivity contribution is 6.02. The molecule has 0 saturated heterocycles. The second-order valence-electron chi connectivity index (χ2n) is 4.19. The number of aromatic nitrogens is 2. The Labute approximate surface area is 110 Å². The lowest BCUT2D eigenvalue weighted by Gasteiger charge is -2.13. The summed E-state index contributed by atoms with van der Waals surface area (Å²) in [5, 5.41) is 29.9. The standard InChI is InChI=1S/C13H15N3O3/c1-2-8(17)7-14-11-9-5-3-4-6-10(9)15-16-12(11)13(18)19/h3-6,8,17H,2,7H2,1H3,(H,14,15)(H,18,19). The van der Waals surface area contributed by atoms with Crippen molar-refractivity contribution in [3.8, 4) is 0 Å². The maximum absolute atomic E-state index is 11.2. The van der Waals surface area contributed by atoms with Crippen LogP contribution < -0.4 is 5.32 Å².